The third-order valence-electron chi connectivity index (χ3n) is 3.40. The highest BCUT2D eigenvalue weighted by molar-refractivity contribution is 7.16. The van der Waals surface area contributed by atoms with Crippen LogP contribution in [0.4, 0.5) is 0 Å². The van der Waals surface area contributed by atoms with E-state index in [0.29, 0.717) is 5.92 Å². The highest BCUT2D eigenvalue weighted by atomic mass is 35.5. The zero-order chi connectivity index (χ0) is 15.2. The van der Waals surface area contributed by atoms with E-state index in [1.807, 2.05) is 23.5 Å². The van der Waals surface area contributed by atoms with Crippen LogP contribution in [0.3, 0.4) is 0 Å². The van der Waals surface area contributed by atoms with Gasteiger partial charge in [0.15, 0.2) is 0 Å². The van der Waals surface area contributed by atoms with Crippen LogP contribution in [0.5, 0.6) is 0 Å². The molecule has 2 rings (SSSR count). The van der Waals surface area contributed by atoms with E-state index < -0.39 is 0 Å². The summed E-state index contributed by atoms with van der Waals surface area (Å²) in [5.41, 5.74) is 2.67. The van der Waals surface area contributed by atoms with E-state index in [1.165, 1.54) is 20.9 Å². The van der Waals surface area contributed by atoms with E-state index in [0.717, 1.165) is 18.1 Å². The lowest BCUT2D eigenvalue weighted by Gasteiger charge is -2.11. The molecule has 0 spiro atoms. The highest BCUT2D eigenvalue weighted by Gasteiger charge is 2.06. The minimum atomic E-state index is 0.560. The van der Waals surface area contributed by atoms with Gasteiger partial charge in [-0.25, -0.2) is 0 Å². The third-order valence-corrected chi connectivity index (χ3v) is 4.74. The summed E-state index contributed by atoms with van der Waals surface area (Å²) in [5, 5.41) is 4.20. The van der Waals surface area contributed by atoms with Crippen LogP contribution < -0.4 is 5.32 Å². The first-order valence-corrected chi connectivity index (χ1v) is 8.56. The zero-order valence-electron chi connectivity index (χ0n) is 12.8. The molecule has 21 heavy (non-hydrogen) atoms. The topological polar surface area (TPSA) is 12.0 Å². The van der Waals surface area contributed by atoms with Crippen molar-refractivity contribution < 1.29 is 0 Å². The first-order valence-electron chi connectivity index (χ1n) is 7.37. The van der Waals surface area contributed by atoms with Gasteiger partial charge in [-0.15, -0.1) is 11.3 Å². The molecular formula is C18H22ClNS. The normalized spacial score (nSPS) is 12.1. The van der Waals surface area contributed by atoms with Crippen LogP contribution in [0.25, 0.3) is 16.5 Å². The first kappa shape index (κ1) is 16.3. The van der Waals surface area contributed by atoms with Gasteiger partial charge in [0.25, 0.3) is 0 Å². The molecule has 1 nitrogen and oxygen atoms in total. The number of benzene rings is 1. The third kappa shape index (κ3) is 4.70. The fourth-order valence-corrected chi connectivity index (χ4v) is 3.19. The van der Waals surface area contributed by atoms with Gasteiger partial charge in [0, 0.05) is 21.3 Å². The molecule has 0 saturated carbocycles. The number of halogens is 1. The first-order chi connectivity index (χ1) is 10.1. The van der Waals surface area contributed by atoms with Crippen molar-refractivity contribution in [2.75, 3.05) is 13.1 Å². The average molecular weight is 320 g/mol. The Morgan fingerprint density at radius 1 is 1.19 bits per heavy atom. The van der Waals surface area contributed by atoms with Gasteiger partial charge in [-0.2, -0.15) is 0 Å². The molecule has 3 heteroatoms. The second-order valence-corrected chi connectivity index (χ2v) is 6.91. The quantitative estimate of drug-likeness (QED) is 0.718. The van der Waals surface area contributed by atoms with Gasteiger partial charge in [0.05, 0.1) is 0 Å². The fraction of sp³-hybridized carbons (Fsp3) is 0.333. The molecule has 1 N–H and O–H groups in total. The van der Waals surface area contributed by atoms with Crippen LogP contribution in [0.2, 0.25) is 5.02 Å². The van der Waals surface area contributed by atoms with E-state index in [2.05, 4.69) is 56.4 Å². The van der Waals surface area contributed by atoms with Crippen molar-refractivity contribution in [2.45, 2.75) is 20.8 Å². The number of rotatable bonds is 6. The Balaban J connectivity index is 2.20. The fourth-order valence-electron chi connectivity index (χ4n) is 2.07. The number of likely N-dealkylation sites (N-methyl/N-ethyl adjacent to an activating group) is 1. The second kappa shape index (κ2) is 7.79. The Hall–Kier alpha value is -1.09. The van der Waals surface area contributed by atoms with Crippen LogP contribution in [-0.4, -0.2) is 13.1 Å². The molecule has 0 fully saturated rings. The molecule has 0 aliphatic heterocycles. The number of hydrogen-bond donors (Lipinski definition) is 1. The van der Waals surface area contributed by atoms with Gasteiger partial charge in [-0.05, 0) is 48.4 Å². The van der Waals surface area contributed by atoms with Crippen molar-refractivity contribution in [1.29, 1.82) is 0 Å². The molecule has 0 amide bonds. The summed E-state index contributed by atoms with van der Waals surface area (Å²) in [6.45, 7) is 8.60. The van der Waals surface area contributed by atoms with Crippen molar-refractivity contribution in [3.8, 4) is 10.4 Å². The molecule has 1 aromatic carbocycles. The molecule has 112 valence electrons. The number of nitrogens with one attached hydrogen (secondary N) is 1. The minimum Gasteiger partial charge on any atom is -0.313 e. The van der Waals surface area contributed by atoms with Crippen LogP contribution in [0.1, 0.15) is 25.6 Å². The van der Waals surface area contributed by atoms with Gasteiger partial charge >= 0.3 is 0 Å². The molecular weight excluding hydrogens is 298 g/mol. The highest BCUT2D eigenvalue weighted by Crippen LogP contribution is 2.30. The second-order valence-electron chi connectivity index (χ2n) is 5.36. The Bertz CT molecular complexity index is 596. The van der Waals surface area contributed by atoms with Crippen LogP contribution in [-0.2, 0) is 0 Å². The lowest BCUT2D eigenvalue weighted by atomic mass is 10.0. The van der Waals surface area contributed by atoms with Crippen molar-refractivity contribution in [2.24, 2.45) is 5.92 Å². The SMILES string of the molecule is CCNCC(=Cc1ccc(-c2ccc(Cl)cc2)s1)C(C)C. The van der Waals surface area contributed by atoms with E-state index >= 15 is 0 Å². The number of hydrogen-bond acceptors (Lipinski definition) is 2. The molecule has 0 atom stereocenters. The maximum absolute atomic E-state index is 5.94. The van der Waals surface area contributed by atoms with Crippen LogP contribution in [0.15, 0.2) is 42.0 Å². The lowest BCUT2D eigenvalue weighted by Crippen LogP contribution is -2.18. The van der Waals surface area contributed by atoms with Gasteiger partial charge < -0.3 is 5.32 Å². The Morgan fingerprint density at radius 3 is 2.52 bits per heavy atom. The molecule has 1 heterocycles. The summed E-state index contributed by atoms with van der Waals surface area (Å²) >= 11 is 7.77. The zero-order valence-corrected chi connectivity index (χ0v) is 14.4. The van der Waals surface area contributed by atoms with Crippen molar-refractivity contribution in [3.63, 3.8) is 0 Å². The summed E-state index contributed by atoms with van der Waals surface area (Å²) < 4.78 is 0. The van der Waals surface area contributed by atoms with E-state index in [1.54, 1.807) is 0 Å². The van der Waals surface area contributed by atoms with Crippen molar-refractivity contribution in [1.82, 2.24) is 5.32 Å². The van der Waals surface area contributed by atoms with Gasteiger partial charge in [0.1, 0.15) is 0 Å². The largest absolute Gasteiger partial charge is 0.313 e. The van der Waals surface area contributed by atoms with Gasteiger partial charge in [-0.1, -0.05) is 50.1 Å². The van der Waals surface area contributed by atoms with Gasteiger partial charge in [0.2, 0.25) is 0 Å². The molecule has 0 saturated heterocycles. The minimum absolute atomic E-state index is 0.560. The number of thiophene rings is 1. The monoisotopic (exact) mass is 319 g/mol. The predicted octanol–water partition coefficient (Wildman–Crippen LogP) is 5.72. The van der Waals surface area contributed by atoms with Crippen molar-refractivity contribution >= 4 is 29.0 Å². The summed E-state index contributed by atoms with van der Waals surface area (Å²) in [5.74, 6) is 0.560. The standard InChI is InChI=1S/C18H22ClNS/c1-4-20-12-15(13(2)3)11-17-9-10-18(21-17)14-5-7-16(19)8-6-14/h5-11,13,20H,4,12H2,1-3H3. The molecule has 1 aromatic heterocycles. The summed E-state index contributed by atoms with van der Waals surface area (Å²) in [6, 6.07) is 12.4. The predicted molar refractivity (Wildman–Crippen MR) is 96.1 cm³/mol. The molecule has 0 aliphatic rings. The van der Waals surface area contributed by atoms with Crippen LogP contribution >= 0.6 is 22.9 Å². The summed E-state index contributed by atoms with van der Waals surface area (Å²) in [7, 11) is 0. The Labute approximate surface area is 136 Å². The maximum Gasteiger partial charge on any atom is 0.0406 e. The van der Waals surface area contributed by atoms with E-state index in [-0.39, 0.29) is 0 Å². The Morgan fingerprint density at radius 2 is 1.90 bits per heavy atom. The smallest absolute Gasteiger partial charge is 0.0406 e. The summed E-state index contributed by atoms with van der Waals surface area (Å²) in [6.07, 6.45) is 2.32. The van der Waals surface area contributed by atoms with E-state index in [9.17, 15) is 0 Å². The molecule has 0 bridgehead atoms. The van der Waals surface area contributed by atoms with Gasteiger partial charge in [-0.3, -0.25) is 0 Å². The van der Waals surface area contributed by atoms with Crippen LogP contribution in [0, 0.1) is 5.92 Å². The van der Waals surface area contributed by atoms with E-state index in [4.69, 9.17) is 11.6 Å². The lowest BCUT2D eigenvalue weighted by molar-refractivity contribution is 0.683. The molecule has 0 radical (unpaired) electrons. The average Bonchev–Trinajstić information content (AvgIpc) is 2.92. The molecule has 0 unspecified atom stereocenters. The molecule has 0 aliphatic carbocycles. The van der Waals surface area contributed by atoms with Crippen molar-refractivity contribution in [3.05, 3.63) is 51.9 Å². The molecule has 2 aromatic rings. The Kier molecular flexibility index (Phi) is 6.04. The maximum atomic E-state index is 5.94. The summed E-state index contributed by atoms with van der Waals surface area (Å²) in [4.78, 5) is 2.59.